The Bertz CT molecular complexity index is 761. The number of nitrogens with one attached hydrogen (secondary N) is 1. The highest BCUT2D eigenvalue weighted by Gasteiger charge is 2.24. The van der Waals surface area contributed by atoms with Crippen LogP contribution in [0.4, 0.5) is 0 Å². The van der Waals surface area contributed by atoms with E-state index >= 15 is 0 Å². The second-order valence-corrected chi connectivity index (χ2v) is 5.14. The lowest BCUT2D eigenvalue weighted by Crippen LogP contribution is -2.30. The lowest BCUT2D eigenvalue weighted by molar-refractivity contribution is 0.0938. The third-order valence-corrected chi connectivity index (χ3v) is 3.06. The summed E-state index contributed by atoms with van der Waals surface area (Å²) in [7, 11) is 0. The molecule has 6 heteroatoms. The first kappa shape index (κ1) is 14.1. The Morgan fingerprint density at radius 3 is 2.59 bits per heavy atom. The van der Waals surface area contributed by atoms with Crippen molar-refractivity contribution in [2.45, 2.75) is 19.9 Å². The van der Waals surface area contributed by atoms with Gasteiger partial charge in [0.05, 0.1) is 12.0 Å². The summed E-state index contributed by atoms with van der Waals surface area (Å²) in [5, 5.41) is 11.0. The summed E-state index contributed by atoms with van der Waals surface area (Å²) in [4.78, 5) is 12.3. The molecule has 0 atom stereocenters. The maximum atomic E-state index is 12.3. The van der Waals surface area contributed by atoms with Crippen LogP contribution in [0.2, 0.25) is 0 Å². The summed E-state index contributed by atoms with van der Waals surface area (Å²) in [6.07, 6.45) is 1.56. The van der Waals surface area contributed by atoms with Gasteiger partial charge >= 0.3 is 0 Å². The van der Waals surface area contributed by atoms with Gasteiger partial charge in [0.2, 0.25) is 0 Å². The molecule has 0 aliphatic heterocycles. The molecular weight excluding hydrogens is 280 g/mol. The zero-order valence-electron chi connectivity index (χ0n) is 12.4. The number of hydrogen-bond acceptors (Lipinski definition) is 4. The van der Waals surface area contributed by atoms with Crippen molar-refractivity contribution in [1.29, 1.82) is 0 Å². The minimum Gasteiger partial charge on any atom is -0.463 e. The predicted octanol–water partition coefficient (Wildman–Crippen LogP) is 2.67. The van der Waals surface area contributed by atoms with Crippen molar-refractivity contribution in [1.82, 2.24) is 20.3 Å². The number of aromatic nitrogens is 3. The van der Waals surface area contributed by atoms with E-state index in [0.29, 0.717) is 11.5 Å². The van der Waals surface area contributed by atoms with Crippen LogP contribution >= 0.6 is 0 Å². The number of carbonyl (C=O) groups is 1. The van der Waals surface area contributed by atoms with E-state index in [1.54, 1.807) is 23.1 Å². The lowest BCUT2D eigenvalue weighted by Gasteiger charge is -2.08. The summed E-state index contributed by atoms with van der Waals surface area (Å²) in [6.45, 7) is 3.79. The largest absolute Gasteiger partial charge is 0.463 e. The number of nitrogens with zero attached hydrogens (tertiary/aromatic N) is 3. The van der Waals surface area contributed by atoms with Crippen molar-refractivity contribution in [3.63, 3.8) is 0 Å². The van der Waals surface area contributed by atoms with Crippen molar-refractivity contribution in [2.24, 2.45) is 0 Å². The smallest absolute Gasteiger partial charge is 0.274 e. The lowest BCUT2D eigenvalue weighted by atomic mass is 10.2. The molecule has 1 N–H and O–H groups in total. The molecule has 22 heavy (non-hydrogen) atoms. The van der Waals surface area contributed by atoms with Gasteiger partial charge in [-0.05, 0) is 38.1 Å². The Hall–Kier alpha value is -2.89. The molecule has 0 saturated heterocycles. The van der Waals surface area contributed by atoms with Crippen LogP contribution in [-0.4, -0.2) is 26.9 Å². The van der Waals surface area contributed by atoms with E-state index in [9.17, 15) is 4.79 Å². The van der Waals surface area contributed by atoms with E-state index in [-0.39, 0.29) is 17.6 Å². The first-order valence-corrected chi connectivity index (χ1v) is 7.02. The average molecular weight is 296 g/mol. The third kappa shape index (κ3) is 2.63. The van der Waals surface area contributed by atoms with Gasteiger partial charge in [-0.2, -0.15) is 0 Å². The number of carbonyl (C=O) groups excluding carboxylic acids is 1. The van der Waals surface area contributed by atoms with Crippen LogP contribution in [0.5, 0.6) is 0 Å². The van der Waals surface area contributed by atoms with Crippen LogP contribution in [0.3, 0.4) is 0 Å². The van der Waals surface area contributed by atoms with Crippen LogP contribution in [0.15, 0.2) is 53.1 Å². The Morgan fingerprint density at radius 1 is 1.18 bits per heavy atom. The summed E-state index contributed by atoms with van der Waals surface area (Å²) >= 11 is 0. The molecule has 3 rings (SSSR count). The van der Waals surface area contributed by atoms with Crippen molar-refractivity contribution >= 4 is 5.91 Å². The Labute approximate surface area is 127 Å². The van der Waals surface area contributed by atoms with E-state index in [1.807, 2.05) is 44.2 Å². The van der Waals surface area contributed by atoms with Crippen LogP contribution in [0.1, 0.15) is 24.3 Å². The van der Waals surface area contributed by atoms with E-state index in [0.717, 1.165) is 5.69 Å². The molecule has 0 bridgehead atoms. The molecule has 2 aromatic heterocycles. The van der Waals surface area contributed by atoms with E-state index in [1.165, 1.54) is 0 Å². The van der Waals surface area contributed by atoms with Gasteiger partial charge in [-0.1, -0.05) is 23.4 Å². The van der Waals surface area contributed by atoms with E-state index < -0.39 is 0 Å². The number of para-hydroxylation sites is 1. The molecule has 112 valence electrons. The molecule has 0 spiro atoms. The summed E-state index contributed by atoms with van der Waals surface area (Å²) in [5.41, 5.74) is 1.59. The predicted molar refractivity (Wildman–Crippen MR) is 81.7 cm³/mol. The first-order valence-electron chi connectivity index (χ1n) is 7.02. The summed E-state index contributed by atoms with van der Waals surface area (Å²) < 4.78 is 7.06. The quantitative estimate of drug-likeness (QED) is 0.803. The molecule has 0 radical (unpaired) electrons. The van der Waals surface area contributed by atoms with Crippen molar-refractivity contribution < 1.29 is 9.21 Å². The second kappa shape index (κ2) is 5.85. The van der Waals surface area contributed by atoms with Crippen molar-refractivity contribution in [2.75, 3.05) is 0 Å². The maximum Gasteiger partial charge on any atom is 0.274 e. The van der Waals surface area contributed by atoms with Gasteiger partial charge in [-0.15, -0.1) is 5.10 Å². The topological polar surface area (TPSA) is 73.0 Å². The fraction of sp³-hybridized carbons (Fsp3) is 0.188. The fourth-order valence-electron chi connectivity index (χ4n) is 2.15. The Kier molecular flexibility index (Phi) is 3.74. The van der Waals surface area contributed by atoms with Crippen LogP contribution in [0, 0.1) is 0 Å². The van der Waals surface area contributed by atoms with E-state index in [4.69, 9.17) is 4.42 Å². The van der Waals surface area contributed by atoms with Gasteiger partial charge in [0.25, 0.3) is 5.91 Å². The van der Waals surface area contributed by atoms with Gasteiger partial charge in [0, 0.05) is 6.04 Å². The normalized spacial score (nSPS) is 10.9. The monoisotopic (exact) mass is 296 g/mol. The summed E-state index contributed by atoms with van der Waals surface area (Å²) in [5.74, 6) is 0.270. The number of rotatable bonds is 4. The molecule has 2 heterocycles. The zero-order valence-corrected chi connectivity index (χ0v) is 12.4. The molecule has 1 amide bonds. The molecule has 0 aliphatic rings. The Balaban J connectivity index is 2.13. The van der Waals surface area contributed by atoms with Crippen molar-refractivity contribution in [3.8, 4) is 17.1 Å². The molecule has 0 saturated carbocycles. The highest BCUT2D eigenvalue weighted by atomic mass is 16.3. The molecule has 3 aromatic rings. The minimum atomic E-state index is -0.274. The molecule has 0 unspecified atom stereocenters. The summed E-state index contributed by atoms with van der Waals surface area (Å²) in [6, 6.07) is 13.1. The van der Waals surface area contributed by atoms with E-state index in [2.05, 4.69) is 15.6 Å². The maximum absolute atomic E-state index is 12.3. The highest BCUT2D eigenvalue weighted by molar-refractivity contribution is 5.97. The fourth-order valence-corrected chi connectivity index (χ4v) is 2.15. The molecule has 6 nitrogen and oxygen atoms in total. The molecular formula is C16H16N4O2. The van der Waals surface area contributed by atoms with Gasteiger partial charge in [0.15, 0.2) is 11.5 Å². The second-order valence-electron chi connectivity index (χ2n) is 5.14. The number of benzene rings is 1. The third-order valence-electron chi connectivity index (χ3n) is 3.06. The molecule has 0 aliphatic carbocycles. The van der Waals surface area contributed by atoms with Crippen molar-refractivity contribution in [3.05, 3.63) is 54.4 Å². The van der Waals surface area contributed by atoms with Gasteiger partial charge in [-0.25, -0.2) is 4.68 Å². The van der Waals surface area contributed by atoms with Crippen LogP contribution in [0.25, 0.3) is 17.1 Å². The Morgan fingerprint density at radius 2 is 1.95 bits per heavy atom. The number of hydrogen-bond donors (Lipinski definition) is 1. The van der Waals surface area contributed by atoms with Crippen LogP contribution in [-0.2, 0) is 0 Å². The van der Waals surface area contributed by atoms with Crippen LogP contribution < -0.4 is 5.32 Å². The van der Waals surface area contributed by atoms with Gasteiger partial charge in [-0.3, -0.25) is 4.79 Å². The first-order chi connectivity index (χ1) is 10.7. The molecule has 1 aromatic carbocycles. The number of amides is 1. The highest BCUT2D eigenvalue weighted by Crippen LogP contribution is 2.25. The van der Waals surface area contributed by atoms with Gasteiger partial charge in [0.1, 0.15) is 5.69 Å². The molecule has 0 fully saturated rings. The number of furan rings is 1. The SMILES string of the molecule is CC(C)NC(=O)c1nnn(-c2ccccc2)c1-c1ccco1. The standard InChI is InChI=1S/C16H16N4O2/c1-11(2)17-16(21)14-15(13-9-6-10-22-13)20(19-18-14)12-7-4-3-5-8-12/h3-11H,1-2H3,(H,17,21). The average Bonchev–Trinajstić information content (AvgIpc) is 3.16. The van der Waals surface area contributed by atoms with Gasteiger partial charge < -0.3 is 9.73 Å². The minimum absolute atomic E-state index is 0.0128. The zero-order chi connectivity index (χ0) is 15.5.